The Balaban J connectivity index is 2.07. The highest BCUT2D eigenvalue weighted by Gasteiger charge is 2.19. The van der Waals surface area contributed by atoms with Crippen molar-refractivity contribution in [2.24, 2.45) is 0 Å². The molecule has 0 N–H and O–H groups in total. The molecule has 4 nitrogen and oxygen atoms in total. The van der Waals surface area contributed by atoms with Crippen LogP contribution in [0.15, 0.2) is 59.8 Å². The van der Waals surface area contributed by atoms with Gasteiger partial charge in [0.2, 0.25) is 0 Å². The second kappa shape index (κ2) is 7.08. The first-order valence-electron chi connectivity index (χ1n) is 8.70. The Labute approximate surface area is 170 Å². The molecule has 142 valence electrons. The number of nitrogens with zero attached hydrogens (tertiary/aromatic N) is 3. The topological polar surface area (TPSA) is 39.8 Å². The van der Waals surface area contributed by atoms with Crippen LogP contribution < -0.4 is 5.56 Å². The van der Waals surface area contributed by atoms with E-state index < -0.39 is 5.82 Å². The Morgan fingerprint density at radius 3 is 2.43 bits per heavy atom. The zero-order chi connectivity index (χ0) is 20.0. The highest BCUT2D eigenvalue weighted by atomic mass is 35.5. The Kier molecular flexibility index (Phi) is 4.73. The van der Waals surface area contributed by atoms with Gasteiger partial charge in [-0.3, -0.25) is 9.36 Å². The maximum Gasteiger partial charge on any atom is 0.263 e. The molecule has 0 aliphatic rings. The van der Waals surface area contributed by atoms with Gasteiger partial charge in [0.1, 0.15) is 12.1 Å². The van der Waals surface area contributed by atoms with E-state index in [0.29, 0.717) is 21.7 Å². The fraction of sp³-hybridized carbons (Fsp3) is 0.143. The first-order chi connectivity index (χ1) is 13.4. The van der Waals surface area contributed by atoms with Gasteiger partial charge in [-0.05, 0) is 49.7 Å². The lowest BCUT2D eigenvalue weighted by Gasteiger charge is -2.10. The van der Waals surface area contributed by atoms with Crippen LogP contribution in [0.25, 0.3) is 27.8 Å². The average Bonchev–Trinajstić information content (AvgIpc) is 3.05. The normalized spacial score (nSPS) is 11.5. The summed E-state index contributed by atoms with van der Waals surface area (Å²) in [5, 5.41) is 1.09. The van der Waals surface area contributed by atoms with Gasteiger partial charge in [-0.25, -0.2) is 9.37 Å². The largest absolute Gasteiger partial charge is 0.300 e. The van der Waals surface area contributed by atoms with Crippen molar-refractivity contribution in [2.45, 2.75) is 19.9 Å². The van der Waals surface area contributed by atoms with Crippen LogP contribution in [0.1, 0.15) is 19.9 Å². The number of hydrogen-bond donors (Lipinski definition) is 0. The average molecular weight is 416 g/mol. The number of halogens is 3. The molecule has 2 aromatic heterocycles. The van der Waals surface area contributed by atoms with Gasteiger partial charge in [-0.1, -0.05) is 35.3 Å². The Hall–Kier alpha value is -2.63. The summed E-state index contributed by atoms with van der Waals surface area (Å²) in [5.41, 5.74) is 2.51. The number of fused-ring (bicyclic) bond motifs is 1. The van der Waals surface area contributed by atoms with E-state index in [2.05, 4.69) is 4.98 Å². The van der Waals surface area contributed by atoms with Crippen LogP contribution in [0.5, 0.6) is 0 Å². The minimum atomic E-state index is -0.505. The standard InChI is InChI=1S/C21H16Cl2FN3O/c1-12(2)27-11-25-20-19(21(27)28)16(13-3-5-14(22)6-4-13)10-26(20)15-7-8-18(24)17(23)9-15/h3-12H,1-2H3. The predicted octanol–water partition coefficient (Wildman–Crippen LogP) is 5.88. The van der Waals surface area contributed by atoms with Crippen molar-refractivity contribution in [2.75, 3.05) is 0 Å². The minimum Gasteiger partial charge on any atom is -0.300 e. The summed E-state index contributed by atoms with van der Waals surface area (Å²) in [5.74, 6) is -0.505. The summed E-state index contributed by atoms with van der Waals surface area (Å²) < 4.78 is 17.0. The van der Waals surface area contributed by atoms with Crippen LogP contribution >= 0.6 is 23.2 Å². The molecule has 28 heavy (non-hydrogen) atoms. The molecule has 0 atom stereocenters. The molecular weight excluding hydrogens is 400 g/mol. The Morgan fingerprint density at radius 1 is 1.07 bits per heavy atom. The number of benzene rings is 2. The predicted molar refractivity (Wildman–Crippen MR) is 111 cm³/mol. The molecule has 0 saturated carbocycles. The lowest BCUT2D eigenvalue weighted by atomic mass is 10.1. The summed E-state index contributed by atoms with van der Waals surface area (Å²) >= 11 is 12.0. The smallest absolute Gasteiger partial charge is 0.263 e. The van der Waals surface area contributed by atoms with Gasteiger partial charge in [0.15, 0.2) is 5.65 Å². The van der Waals surface area contributed by atoms with E-state index in [-0.39, 0.29) is 16.6 Å². The van der Waals surface area contributed by atoms with E-state index in [9.17, 15) is 9.18 Å². The maximum atomic E-state index is 13.6. The maximum absolute atomic E-state index is 13.6. The van der Waals surface area contributed by atoms with Gasteiger partial charge in [0.05, 0.1) is 10.4 Å². The van der Waals surface area contributed by atoms with Crippen molar-refractivity contribution in [3.05, 3.63) is 81.2 Å². The Morgan fingerprint density at radius 2 is 1.79 bits per heavy atom. The van der Waals surface area contributed by atoms with Gasteiger partial charge < -0.3 is 4.57 Å². The zero-order valence-corrected chi connectivity index (χ0v) is 16.7. The highest BCUT2D eigenvalue weighted by molar-refractivity contribution is 6.31. The van der Waals surface area contributed by atoms with Gasteiger partial charge in [-0.15, -0.1) is 0 Å². The molecule has 7 heteroatoms. The van der Waals surface area contributed by atoms with Crippen molar-refractivity contribution in [1.29, 1.82) is 0 Å². The van der Waals surface area contributed by atoms with E-state index in [1.54, 1.807) is 27.3 Å². The van der Waals surface area contributed by atoms with Gasteiger partial charge >= 0.3 is 0 Å². The van der Waals surface area contributed by atoms with Crippen LogP contribution in [0, 0.1) is 5.82 Å². The molecule has 2 heterocycles. The van der Waals surface area contributed by atoms with E-state index in [1.807, 2.05) is 32.2 Å². The SMILES string of the molecule is CC(C)n1cnc2c(c(-c3ccc(Cl)cc3)cn2-c2ccc(F)c(Cl)c2)c1=O. The molecule has 0 aliphatic heterocycles. The number of hydrogen-bond acceptors (Lipinski definition) is 2. The van der Waals surface area contributed by atoms with Crippen LogP contribution in [0.4, 0.5) is 4.39 Å². The summed E-state index contributed by atoms with van der Waals surface area (Å²) in [6.07, 6.45) is 3.35. The fourth-order valence-corrected chi connectivity index (χ4v) is 3.48. The molecule has 0 bridgehead atoms. The summed E-state index contributed by atoms with van der Waals surface area (Å²) in [7, 11) is 0. The molecule has 0 saturated heterocycles. The summed E-state index contributed by atoms with van der Waals surface area (Å²) in [6, 6.07) is 11.6. The summed E-state index contributed by atoms with van der Waals surface area (Å²) in [6.45, 7) is 3.85. The first-order valence-corrected chi connectivity index (χ1v) is 9.46. The van der Waals surface area contributed by atoms with E-state index in [4.69, 9.17) is 23.2 Å². The second-order valence-corrected chi connectivity index (χ2v) is 7.61. The number of aromatic nitrogens is 3. The quantitative estimate of drug-likeness (QED) is 0.418. The molecule has 4 rings (SSSR count). The van der Waals surface area contributed by atoms with Crippen LogP contribution in [-0.4, -0.2) is 14.1 Å². The van der Waals surface area contributed by atoms with Gasteiger partial charge in [-0.2, -0.15) is 0 Å². The van der Waals surface area contributed by atoms with E-state index in [1.165, 1.54) is 18.5 Å². The van der Waals surface area contributed by atoms with Crippen LogP contribution in [-0.2, 0) is 0 Å². The van der Waals surface area contributed by atoms with Gasteiger partial charge in [0, 0.05) is 28.5 Å². The lowest BCUT2D eigenvalue weighted by molar-refractivity contribution is 0.573. The molecule has 0 aliphatic carbocycles. The molecule has 0 spiro atoms. The van der Waals surface area contributed by atoms with Crippen molar-refractivity contribution in [1.82, 2.24) is 14.1 Å². The molecule has 0 amide bonds. The molecule has 4 aromatic rings. The Bertz CT molecular complexity index is 1240. The zero-order valence-electron chi connectivity index (χ0n) is 15.2. The highest BCUT2D eigenvalue weighted by Crippen LogP contribution is 2.31. The third-order valence-electron chi connectivity index (χ3n) is 4.63. The number of rotatable bonds is 3. The van der Waals surface area contributed by atoms with Gasteiger partial charge in [0.25, 0.3) is 5.56 Å². The van der Waals surface area contributed by atoms with Crippen LogP contribution in [0.3, 0.4) is 0 Å². The second-order valence-electron chi connectivity index (χ2n) is 6.77. The third-order valence-corrected chi connectivity index (χ3v) is 5.17. The fourth-order valence-electron chi connectivity index (χ4n) is 3.18. The van der Waals surface area contributed by atoms with E-state index in [0.717, 1.165) is 11.1 Å². The van der Waals surface area contributed by atoms with Crippen molar-refractivity contribution in [3.63, 3.8) is 0 Å². The molecule has 0 radical (unpaired) electrons. The molecule has 2 aromatic carbocycles. The van der Waals surface area contributed by atoms with Crippen molar-refractivity contribution in [3.8, 4) is 16.8 Å². The first kappa shape index (κ1) is 18.7. The monoisotopic (exact) mass is 415 g/mol. The third kappa shape index (κ3) is 3.11. The van der Waals surface area contributed by atoms with Crippen LogP contribution in [0.2, 0.25) is 10.0 Å². The summed E-state index contributed by atoms with van der Waals surface area (Å²) in [4.78, 5) is 17.7. The van der Waals surface area contributed by atoms with Crippen molar-refractivity contribution >= 4 is 34.2 Å². The minimum absolute atomic E-state index is 0.00270. The molecular formula is C21H16Cl2FN3O. The lowest BCUT2D eigenvalue weighted by Crippen LogP contribution is -2.22. The van der Waals surface area contributed by atoms with Crippen molar-refractivity contribution < 1.29 is 4.39 Å². The molecule has 0 fully saturated rings. The van der Waals surface area contributed by atoms with E-state index >= 15 is 0 Å². The molecule has 0 unspecified atom stereocenters.